The number of nitrogens with zero attached hydrogens (tertiary/aromatic N) is 4. The number of aromatic amines is 1. The van der Waals surface area contributed by atoms with Gasteiger partial charge in [-0.25, -0.2) is 9.97 Å². The van der Waals surface area contributed by atoms with Gasteiger partial charge in [-0.2, -0.15) is 10.3 Å². The zero-order valence-corrected chi connectivity index (χ0v) is 13.8. The van der Waals surface area contributed by atoms with Gasteiger partial charge in [0.1, 0.15) is 0 Å². The summed E-state index contributed by atoms with van der Waals surface area (Å²) in [6.45, 7) is 2.13. The van der Waals surface area contributed by atoms with Crippen LogP contribution < -0.4 is 5.32 Å². The second-order valence-electron chi connectivity index (χ2n) is 5.99. The van der Waals surface area contributed by atoms with Gasteiger partial charge in [0.2, 0.25) is 5.65 Å². The summed E-state index contributed by atoms with van der Waals surface area (Å²) in [5.74, 6) is 1.33. The molecule has 0 saturated carbocycles. The molecule has 4 rings (SSSR count). The van der Waals surface area contributed by atoms with Crippen LogP contribution in [0.5, 0.6) is 0 Å². The van der Waals surface area contributed by atoms with Crippen molar-refractivity contribution in [2.75, 3.05) is 5.32 Å². The summed E-state index contributed by atoms with van der Waals surface area (Å²) in [6, 6.07) is 20.5. The number of rotatable bonds is 5. The van der Waals surface area contributed by atoms with Crippen molar-refractivity contribution in [2.45, 2.75) is 19.4 Å². The number of nitrogens with one attached hydrogen (secondary N) is 2. The van der Waals surface area contributed by atoms with Gasteiger partial charge in [0, 0.05) is 11.6 Å². The van der Waals surface area contributed by atoms with Gasteiger partial charge in [-0.05, 0) is 18.9 Å². The van der Waals surface area contributed by atoms with Gasteiger partial charge in [0.15, 0.2) is 17.2 Å². The van der Waals surface area contributed by atoms with E-state index in [0.29, 0.717) is 22.8 Å². The van der Waals surface area contributed by atoms with Crippen molar-refractivity contribution in [3.8, 4) is 11.4 Å². The third-order valence-electron chi connectivity index (χ3n) is 3.98. The van der Waals surface area contributed by atoms with E-state index in [1.807, 2.05) is 36.4 Å². The Hall–Kier alpha value is -3.28. The quantitative estimate of drug-likeness (QED) is 0.586. The molecule has 0 fully saturated rings. The number of fused-ring (bicyclic) bond motifs is 1. The molecule has 0 aliphatic carbocycles. The summed E-state index contributed by atoms with van der Waals surface area (Å²) in [7, 11) is 0. The monoisotopic (exact) mass is 330 g/mol. The fraction of sp³-hybridized carbons (Fsp3) is 0.158. The Bertz CT molecular complexity index is 965. The number of H-pyrrole nitrogens is 1. The molecule has 2 aromatic carbocycles. The van der Waals surface area contributed by atoms with Crippen LogP contribution in [0.15, 0.2) is 60.7 Å². The molecule has 4 aromatic rings. The molecule has 0 aliphatic heterocycles. The van der Waals surface area contributed by atoms with Crippen LogP contribution in [0.25, 0.3) is 22.6 Å². The molecule has 124 valence electrons. The first-order valence-electron chi connectivity index (χ1n) is 8.24. The molecular formula is C19H18N6. The standard InChI is InChI=1S/C19H18N6/c1-13(12-14-8-4-2-5-9-14)20-18-16-19(24-25-23-16)22-17(21-18)15-10-6-3-7-11-15/h2-11,13H,12H2,1H3,(H2,20,21,22,23,24,25). The summed E-state index contributed by atoms with van der Waals surface area (Å²) in [5, 5.41) is 14.4. The normalized spacial score (nSPS) is 12.2. The zero-order chi connectivity index (χ0) is 17.1. The van der Waals surface area contributed by atoms with Gasteiger partial charge in [0.05, 0.1) is 0 Å². The number of anilines is 1. The van der Waals surface area contributed by atoms with Crippen LogP contribution >= 0.6 is 0 Å². The van der Waals surface area contributed by atoms with Gasteiger partial charge in [0.25, 0.3) is 0 Å². The molecule has 0 spiro atoms. The fourth-order valence-electron chi connectivity index (χ4n) is 2.82. The summed E-state index contributed by atoms with van der Waals surface area (Å²) >= 11 is 0. The van der Waals surface area contributed by atoms with Gasteiger partial charge < -0.3 is 5.32 Å². The molecule has 0 amide bonds. The summed E-state index contributed by atoms with van der Waals surface area (Å²) in [5.41, 5.74) is 3.44. The predicted octanol–water partition coefficient (Wildman–Crippen LogP) is 3.46. The van der Waals surface area contributed by atoms with E-state index in [2.05, 4.69) is 61.9 Å². The highest BCUT2D eigenvalue weighted by Crippen LogP contribution is 2.23. The molecule has 1 atom stereocenters. The van der Waals surface area contributed by atoms with E-state index in [4.69, 9.17) is 0 Å². The fourth-order valence-corrected chi connectivity index (χ4v) is 2.82. The molecule has 2 N–H and O–H groups in total. The van der Waals surface area contributed by atoms with Crippen LogP contribution in [0, 0.1) is 0 Å². The highest BCUT2D eigenvalue weighted by molar-refractivity contribution is 5.84. The number of hydrogen-bond donors (Lipinski definition) is 2. The number of hydrogen-bond acceptors (Lipinski definition) is 5. The summed E-state index contributed by atoms with van der Waals surface area (Å²) in [4.78, 5) is 9.18. The lowest BCUT2D eigenvalue weighted by molar-refractivity contribution is 0.785. The van der Waals surface area contributed by atoms with Crippen LogP contribution in [0.3, 0.4) is 0 Å². The highest BCUT2D eigenvalue weighted by atomic mass is 15.4. The Balaban J connectivity index is 1.65. The lowest BCUT2D eigenvalue weighted by Crippen LogP contribution is -2.19. The van der Waals surface area contributed by atoms with Crippen LogP contribution in [-0.2, 0) is 6.42 Å². The molecule has 0 aliphatic rings. The van der Waals surface area contributed by atoms with Crippen LogP contribution in [0.4, 0.5) is 5.82 Å². The number of aromatic nitrogens is 5. The molecular weight excluding hydrogens is 312 g/mol. The van der Waals surface area contributed by atoms with Crippen molar-refractivity contribution in [3.05, 3.63) is 66.2 Å². The maximum atomic E-state index is 4.68. The first-order chi connectivity index (χ1) is 12.3. The molecule has 1 unspecified atom stereocenters. The van der Waals surface area contributed by atoms with Crippen molar-refractivity contribution in [1.29, 1.82) is 0 Å². The second-order valence-corrected chi connectivity index (χ2v) is 5.99. The van der Waals surface area contributed by atoms with Crippen molar-refractivity contribution < 1.29 is 0 Å². The van der Waals surface area contributed by atoms with Crippen molar-refractivity contribution in [1.82, 2.24) is 25.4 Å². The topological polar surface area (TPSA) is 79.4 Å². The van der Waals surface area contributed by atoms with Gasteiger partial charge in [-0.3, -0.25) is 0 Å². The minimum Gasteiger partial charge on any atom is -0.365 e. The van der Waals surface area contributed by atoms with E-state index in [9.17, 15) is 0 Å². The van der Waals surface area contributed by atoms with Crippen LogP contribution in [-0.4, -0.2) is 31.4 Å². The van der Waals surface area contributed by atoms with E-state index in [1.54, 1.807) is 0 Å². The molecule has 2 aromatic heterocycles. The minimum absolute atomic E-state index is 0.195. The highest BCUT2D eigenvalue weighted by Gasteiger charge is 2.14. The van der Waals surface area contributed by atoms with Gasteiger partial charge in [-0.15, -0.1) is 5.10 Å². The molecule has 0 radical (unpaired) electrons. The summed E-state index contributed by atoms with van der Waals surface area (Å²) < 4.78 is 0. The molecule has 2 heterocycles. The largest absolute Gasteiger partial charge is 0.365 e. The van der Waals surface area contributed by atoms with Crippen molar-refractivity contribution >= 4 is 17.0 Å². The summed E-state index contributed by atoms with van der Waals surface area (Å²) in [6.07, 6.45) is 0.894. The van der Waals surface area contributed by atoms with Crippen molar-refractivity contribution in [2.24, 2.45) is 0 Å². The first-order valence-corrected chi connectivity index (χ1v) is 8.24. The maximum Gasteiger partial charge on any atom is 0.207 e. The average Bonchev–Trinajstić information content (AvgIpc) is 3.12. The molecule has 0 saturated heterocycles. The van der Waals surface area contributed by atoms with Gasteiger partial charge >= 0.3 is 0 Å². The second kappa shape index (κ2) is 6.68. The van der Waals surface area contributed by atoms with Gasteiger partial charge in [-0.1, -0.05) is 60.7 Å². The van der Waals surface area contributed by atoms with Crippen LogP contribution in [0.1, 0.15) is 12.5 Å². The predicted molar refractivity (Wildman–Crippen MR) is 98.1 cm³/mol. The first kappa shape index (κ1) is 15.3. The van der Waals surface area contributed by atoms with E-state index in [-0.39, 0.29) is 6.04 Å². The SMILES string of the molecule is CC(Cc1ccccc1)Nc1nc(-c2ccccc2)nc2n[nH]nc12. The molecule has 6 nitrogen and oxygen atoms in total. The zero-order valence-electron chi connectivity index (χ0n) is 13.8. The lowest BCUT2D eigenvalue weighted by atomic mass is 10.1. The maximum absolute atomic E-state index is 4.68. The van der Waals surface area contributed by atoms with Crippen LogP contribution in [0.2, 0.25) is 0 Å². The lowest BCUT2D eigenvalue weighted by Gasteiger charge is -2.15. The smallest absolute Gasteiger partial charge is 0.207 e. The third kappa shape index (κ3) is 3.33. The minimum atomic E-state index is 0.195. The Labute approximate surface area is 145 Å². The Morgan fingerprint density at radius 3 is 2.40 bits per heavy atom. The Morgan fingerprint density at radius 2 is 1.64 bits per heavy atom. The van der Waals surface area contributed by atoms with Crippen molar-refractivity contribution in [3.63, 3.8) is 0 Å². The van der Waals surface area contributed by atoms with E-state index < -0.39 is 0 Å². The Morgan fingerprint density at radius 1 is 0.920 bits per heavy atom. The van der Waals surface area contributed by atoms with E-state index >= 15 is 0 Å². The number of benzene rings is 2. The molecule has 0 bridgehead atoms. The third-order valence-corrected chi connectivity index (χ3v) is 3.98. The Kier molecular flexibility index (Phi) is 4.08. The molecule has 6 heteroatoms. The average molecular weight is 330 g/mol. The van der Waals surface area contributed by atoms with E-state index in [1.165, 1.54) is 5.56 Å². The molecule has 25 heavy (non-hydrogen) atoms. The van der Waals surface area contributed by atoms with E-state index in [0.717, 1.165) is 12.0 Å².